The van der Waals surface area contributed by atoms with Gasteiger partial charge >= 0.3 is 12.4 Å². The van der Waals surface area contributed by atoms with E-state index in [-0.39, 0.29) is 17.6 Å². The van der Waals surface area contributed by atoms with Gasteiger partial charge in [0.1, 0.15) is 5.56 Å². The largest absolute Gasteiger partial charge is 0.423 e. The molecule has 8 nitrogen and oxygen atoms in total. The molecule has 3 fully saturated rings. The van der Waals surface area contributed by atoms with Crippen molar-refractivity contribution in [3.63, 3.8) is 0 Å². The highest BCUT2D eigenvalue weighted by Crippen LogP contribution is 2.38. The fourth-order valence-corrected chi connectivity index (χ4v) is 6.31. The lowest BCUT2D eigenvalue weighted by molar-refractivity contribution is -0.388. The molecule has 3 saturated heterocycles. The van der Waals surface area contributed by atoms with Gasteiger partial charge in [0.2, 0.25) is 5.91 Å². The van der Waals surface area contributed by atoms with E-state index in [0.717, 1.165) is 62.7 Å². The number of likely N-dealkylation sites (tertiary alicyclic amines) is 2. The number of hydrogen-bond donors (Lipinski definition) is 1. The molecule has 2 aromatic carbocycles. The monoisotopic (exact) mass is 599 g/mol. The predicted molar refractivity (Wildman–Crippen MR) is 143 cm³/mol. The van der Waals surface area contributed by atoms with Gasteiger partial charge in [0.15, 0.2) is 0 Å². The predicted octanol–water partition coefficient (Wildman–Crippen LogP) is 5.49. The minimum Gasteiger partial charge on any atom is -0.380 e. The molecule has 0 bridgehead atoms. The summed E-state index contributed by atoms with van der Waals surface area (Å²) in [5.74, 6) is 0.822. The highest BCUT2D eigenvalue weighted by Gasteiger charge is 2.41. The number of halogens is 6. The van der Waals surface area contributed by atoms with Crippen LogP contribution in [0.25, 0.3) is 0 Å². The molecule has 2 unspecified atom stereocenters. The first kappa shape index (κ1) is 29.9. The molecule has 14 heteroatoms. The van der Waals surface area contributed by atoms with Crippen LogP contribution >= 0.6 is 0 Å². The molecule has 0 spiro atoms. The zero-order valence-electron chi connectivity index (χ0n) is 22.6. The maximum absolute atomic E-state index is 13.3. The van der Waals surface area contributed by atoms with Crippen LogP contribution in [0.5, 0.6) is 0 Å². The van der Waals surface area contributed by atoms with Crippen LogP contribution in [0.1, 0.15) is 30.4 Å². The molecule has 42 heavy (non-hydrogen) atoms. The Morgan fingerprint density at radius 2 is 1.60 bits per heavy atom. The van der Waals surface area contributed by atoms with Gasteiger partial charge in [-0.2, -0.15) is 26.3 Å². The lowest BCUT2D eigenvalue weighted by atomic mass is 10.0. The molecule has 0 saturated carbocycles. The maximum atomic E-state index is 13.3. The summed E-state index contributed by atoms with van der Waals surface area (Å²) in [7, 11) is 0. The van der Waals surface area contributed by atoms with Crippen LogP contribution in [0, 0.1) is 22.0 Å². The minimum atomic E-state index is -4.86. The van der Waals surface area contributed by atoms with Crippen LogP contribution in [-0.2, 0) is 17.1 Å². The van der Waals surface area contributed by atoms with Crippen LogP contribution in [0.3, 0.4) is 0 Å². The summed E-state index contributed by atoms with van der Waals surface area (Å²) in [6.07, 6.45) is -7.64. The minimum absolute atomic E-state index is 0.0214. The average Bonchev–Trinajstić information content (AvgIpc) is 3.63. The third kappa shape index (κ3) is 6.74. The summed E-state index contributed by atoms with van der Waals surface area (Å²) in [5, 5.41) is 13.9. The fraction of sp³-hybridized carbons (Fsp3) is 0.536. The first-order valence-corrected chi connectivity index (χ1v) is 13.8. The molecule has 228 valence electrons. The number of benzene rings is 2. The van der Waals surface area contributed by atoms with Crippen molar-refractivity contribution in [3.05, 3.63) is 63.7 Å². The molecule has 1 amide bonds. The van der Waals surface area contributed by atoms with Crippen LogP contribution in [0.4, 0.5) is 43.4 Å². The van der Waals surface area contributed by atoms with Crippen LogP contribution < -0.4 is 10.2 Å². The first-order chi connectivity index (χ1) is 19.8. The summed E-state index contributed by atoms with van der Waals surface area (Å²) in [5.41, 5.74) is -2.07. The number of alkyl halides is 6. The third-order valence-electron chi connectivity index (χ3n) is 8.40. The molecule has 2 aromatic rings. The molecule has 3 aliphatic rings. The first-order valence-electron chi connectivity index (χ1n) is 13.8. The second kappa shape index (κ2) is 11.6. The Hall–Kier alpha value is -3.55. The van der Waals surface area contributed by atoms with E-state index in [9.17, 15) is 41.3 Å². The number of nitrogens with one attached hydrogen (secondary N) is 1. The average molecular weight is 600 g/mol. The zero-order valence-corrected chi connectivity index (χ0v) is 22.6. The molecule has 5 rings (SSSR count). The smallest absolute Gasteiger partial charge is 0.380 e. The van der Waals surface area contributed by atoms with Gasteiger partial charge in [-0.05, 0) is 67.6 Å². The van der Waals surface area contributed by atoms with E-state index in [1.165, 1.54) is 18.2 Å². The van der Waals surface area contributed by atoms with Crippen molar-refractivity contribution in [2.75, 3.05) is 56.0 Å². The topological polar surface area (TPSA) is 82.0 Å². The van der Waals surface area contributed by atoms with Crippen molar-refractivity contribution in [2.45, 2.75) is 37.7 Å². The van der Waals surface area contributed by atoms with Crippen LogP contribution in [-0.4, -0.2) is 72.5 Å². The second-order valence-electron chi connectivity index (χ2n) is 11.3. The van der Waals surface area contributed by atoms with Crippen molar-refractivity contribution in [1.29, 1.82) is 0 Å². The SMILES string of the molecule is O=C(CCCN1CC2CN(c3ccc(C(F)(F)F)cc3)CC2C1)N1CC[C@H](Nc2ccc([N+](=O)[O-])c(C(F)(F)F)c2)C1. The molecular formula is C28H31F6N5O3. The second-order valence-corrected chi connectivity index (χ2v) is 11.3. The number of nitro benzene ring substituents is 1. The number of carbonyl (C=O) groups is 1. The summed E-state index contributed by atoms with van der Waals surface area (Å²) >= 11 is 0. The van der Waals surface area contributed by atoms with Gasteiger partial charge in [0, 0.05) is 69.2 Å². The molecule has 3 atom stereocenters. The Balaban J connectivity index is 1.04. The van der Waals surface area contributed by atoms with Gasteiger partial charge in [-0.1, -0.05) is 0 Å². The Kier molecular flexibility index (Phi) is 8.28. The number of rotatable bonds is 8. The molecule has 0 aromatic heterocycles. The number of hydrogen-bond acceptors (Lipinski definition) is 6. The molecule has 1 N–H and O–H groups in total. The van der Waals surface area contributed by atoms with Crippen molar-refractivity contribution in [2.24, 2.45) is 11.8 Å². The molecule has 0 radical (unpaired) electrons. The Labute approximate surface area is 238 Å². The van der Waals surface area contributed by atoms with Crippen molar-refractivity contribution in [3.8, 4) is 0 Å². The van der Waals surface area contributed by atoms with Crippen LogP contribution in [0.2, 0.25) is 0 Å². The third-order valence-corrected chi connectivity index (χ3v) is 8.40. The Morgan fingerprint density at radius 3 is 2.19 bits per heavy atom. The van der Waals surface area contributed by atoms with E-state index >= 15 is 0 Å². The molecule has 3 aliphatic heterocycles. The van der Waals surface area contributed by atoms with Crippen molar-refractivity contribution >= 4 is 23.0 Å². The van der Waals surface area contributed by atoms with Gasteiger partial charge in [0.25, 0.3) is 5.69 Å². The number of amides is 1. The lowest BCUT2D eigenvalue weighted by Gasteiger charge is -2.23. The van der Waals surface area contributed by atoms with E-state index in [4.69, 9.17) is 0 Å². The van der Waals surface area contributed by atoms with Gasteiger partial charge in [0.05, 0.1) is 10.5 Å². The van der Waals surface area contributed by atoms with E-state index in [2.05, 4.69) is 15.1 Å². The maximum Gasteiger partial charge on any atom is 0.423 e. The normalized spacial score (nSPS) is 23.0. The Morgan fingerprint density at radius 1 is 0.929 bits per heavy atom. The lowest BCUT2D eigenvalue weighted by Crippen LogP contribution is -2.33. The van der Waals surface area contributed by atoms with Gasteiger partial charge in [-0.15, -0.1) is 0 Å². The zero-order chi connectivity index (χ0) is 30.2. The van der Waals surface area contributed by atoms with E-state index in [0.29, 0.717) is 44.2 Å². The number of fused-ring (bicyclic) bond motifs is 1. The standard InChI is InChI=1S/C28H31F6N5O3/c29-27(30,31)20-3-6-23(7-4-20)38-15-18-13-36(14-19(18)16-38)10-1-2-26(40)37-11-9-22(17-37)35-21-5-8-25(39(41)42)24(12-21)28(32,33)34/h3-8,12,18-19,22,35H,1-2,9-11,13-17H2/t18?,19?,22-/m0/s1. The number of nitrogens with zero attached hydrogens (tertiary/aromatic N) is 4. The van der Waals surface area contributed by atoms with Gasteiger partial charge in [-0.3, -0.25) is 14.9 Å². The van der Waals surface area contributed by atoms with E-state index < -0.39 is 34.1 Å². The summed E-state index contributed by atoms with van der Waals surface area (Å²) in [6.45, 7) is 4.90. The van der Waals surface area contributed by atoms with Crippen LogP contribution in [0.15, 0.2) is 42.5 Å². The number of anilines is 2. The Bertz CT molecular complexity index is 1290. The summed E-state index contributed by atoms with van der Waals surface area (Å²) in [4.78, 5) is 28.8. The molecule has 3 heterocycles. The molecule has 0 aliphatic carbocycles. The van der Waals surface area contributed by atoms with Gasteiger partial charge in [-0.25, -0.2) is 0 Å². The van der Waals surface area contributed by atoms with Crippen molar-refractivity contribution < 1.29 is 36.1 Å². The van der Waals surface area contributed by atoms with E-state index in [1.54, 1.807) is 4.90 Å². The summed E-state index contributed by atoms with van der Waals surface area (Å²) in [6, 6.07) is 7.83. The van der Waals surface area contributed by atoms with E-state index in [1.807, 2.05) is 0 Å². The quantitative estimate of drug-likeness (QED) is 0.246. The van der Waals surface area contributed by atoms with Crippen molar-refractivity contribution in [1.82, 2.24) is 9.80 Å². The highest BCUT2D eigenvalue weighted by atomic mass is 19.4. The number of carbonyl (C=O) groups excluding carboxylic acids is 1. The highest BCUT2D eigenvalue weighted by molar-refractivity contribution is 5.76. The fourth-order valence-electron chi connectivity index (χ4n) is 6.31. The summed E-state index contributed by atoms with van der Waals surface area (Å²) < 4.78 is 78.4. The van der Waals surface area contributed by atoms with Gasteiger partial charge < -0.3 is 20.0 Å². The molecular weight excluding hydrogens is 568 g/mol. The number of nitro groups is 1.